The minimum atomic E-state index is -4.50. The normalized spacial score (nSPS) is 19.8. The summed E-state index contributed by atoms with van der Waals surface area (Å²) < 4.78 is 32.0. The second-order valence-electron chi connectivity index (χ2n) is 6.51. The van der Waals surface area contributed by atoms with Crippen LogP contribution in [-0.4, -0.2) is 54.8 Å². The summed E-state index contributed by atoms with van der Waals surface area (Å²) in [5.41, 5.74) is -0.706. The van der Waals surface area contributed by atoms with Crippen LogP contribution in [0.25, 0.3) is 0 Å². The van der Waals surface area contributed by atoms with Crippen molar-refractivity contribution in [2.24, 2.45) is 5.92 Å². The van der Waals surface area contributed by atoms with E-state index in [1.54, 1.807) is 0 Å². The molecule has 1 saturated heterocycles. The van der Waals surface area contributed by atoms with Crippen LogP contribution in [0.3, 0.4) is 0 Å². The van der Waals surface area contributed by atoms with Gasteiger partial charge in [0.1, 0.15) is 11.8 Å². The zero-order chi connectivity index (χ0) is 20.5. The molecule has 1 aromatic rings. The van der Waals surface area contributed by atoms with Gasteiger partial charge in [-0.15, -0.1) is 11.8 Å². The number of carbonyl (C=O) groups is 2. The van der Waals surface area contributed by atoms with E-state index in [0.29, 0.717) is 5.88 Å². The van der Waals surface area contributed by atoms with Crippen molar-refractivity contribution in [2.45, 2.75) is 30.2 Å². The molecule has 0 unspecified atom stereocenters. The van der Waals surface area contributed by atoms with Crippen LogP contribution in [0.4, 0.5) is 5.69 Å². The molecule has 12 heteroatoms. The number of nitrogens with zero attached hydrogens (tertiary/aromatic N) is 2. The third-order valence-corrected chi connectivity index (χ3v) is 7.22. The number of nitrogens with one attached hydrogen (secondary N) is 1. The van der Waals surface area contributed by atoms with Crippen LogP contribution in [0, 0.1) is 16.0 Å². The number of ether oxygens (including phenoxy) is 1. The Morgan fingerprint density at radius 1 is 1.36 bits per heavy atom. The Kier molecular flexibility index (Phi) is 5.79. The van der Waals surface area contributed by atoms with Crippen LogP contribution in [0.15, 0.2) is 23.1 Å². The van der Waals surface area contributed by atoms with Crippen molar-refractivity contribution in [1.82, 2.24) is 9.62 Å². The fourth-order valence-corrected chi connectivity index (χ4v) is 5.35. The van der Waals surface area contributed by atoms with Crippen LogP contribution in [0.2, 0.25) is 0 Å². The molecule has 0 aromatic heterocycles. The first-order valence-electron chi connectivity index (χ1n) is 8.52. The van der Waals surface area contributed by atoms with Gasteiger partial charge >= 0.3 is 0 Å². The molecule has 0 radical (unpaired) electrons. The van der Waals surface area contributed by atoms with E-state index < -0.39 is 37.5 Å². The summed E-state index contributed by atoms with van der Waals surface area (Å²) in [5, 5.41) is 11.3. The number of hydrogen-bond donors (Lipinski definition) is 1. The highest BCUT2D eigenvalue weighted by atomic mass is 32.2. The molecule has 152 valence electrons. The number of nitro benzene ring substituents is 1. The standard InChI is InChI=1S/C16H19N3O7S2/c1-26-11-5-6-14(12(7-11)19(22)23)28(24,25)17-15(20)13-8-27-9-18(13)16(21)10-3-2-4-10/h5-7,10,13H,2-4,8-9H2,1H3,(H,17,20)/t13-/m1/s1. The second kappa shape index (κ2) is 7.95. The van der Waals surface area contributed by atoms with Crippen molar-refractivity contribution in [3.05, 3.63) is 28.3 Å². The largest absolute Gasteiger partial charge is 0.497 e. The number of hydrogen-bond acceptors (Lipinski definition) is 8. The monoisotopic (exact) mass is 429 g/mol. The third kappa shape index (κ3) is 3.92. The van der Waals surface area contributed by atoms with Crippen LogP contribution < -0.4 is 9.46 Å². The van der Waals surface area contributed by atoms with E-state index >= 15 is 0 Å². The molecule has 1 saturated carbocycles. The number of thioether (sulfide) groups is 1. The summed E-state index contributed by atoms with van der Waals surface area (Å²) in [6.45, 7) is 0. The fourth-order valence-electron chi connectivity index (χ4n) is 3.02. The number of rotatable bonds is 6. The molecule has 10 nitrogen and oxygen atoms in total. The quantitative estimate of drug-likeness (QED) is 0.525. The maximum Gasteiger partial charge on any atom is 0.293 e. The minimum absolute atomic E-state index is 0.112. The van der Waals surface area contributed by atoms with Gasteiger partial charge in [-0.3, -0.25) is 19.7 Å². The van der Waals surface area contributed by atoms with E-state index in [9.17, 15) is 28.1 Å². The highest BCUT2D eigenvalue weighted by Gasteiger charge is 2.41. The molecule has 1 aliphatic heterocycles. The fraction of sp³-hybridized carbons (Fsp3) is 0.500. The van der Waals surface area contributed by atoms with Crippen LogP contribution in [0.5, 0.6) is 5.75 Å². The van der Waals surface area contributed by atoms with Crippen molar-refractivity contribution in [2.75, 3.05) is 18.7 Å². The number of sulfonamides is 1. The topological polar surface area (TPSA) is 136 Å². The van der Waals surface area contributed by atoms with E-state index in [1.807, 2.05) is 4.72 Å². The van der Waals surface area contributed by atoms with Gasteiger partial charge in [-0.2, -0.15) is 0 Å². The first-order valence-corrected chi connectivity index (χ1v) is 11.2. The Balaban J connectivity index is 1.81. The molecule has 3 rings (SSSR count). The number of methoxy groups -OCH3 is 1. The van der Waals surface area contributed by atoms with Gasteiger partial charge in [0.2, 0.25) is 5.91 Å². The van der Waals surface area contributed by atoms with Crippen molar-refractivity contribution in [3.63, 3.8) is 0 Å². The third-order valence-electron chi connectivity index (χ3n) is 4.81. The van der Waals surface area contributed by atoms with Gasteiger partial charge in [0, 0.05) is 11.7 Å². The van der Waals surface area contributed by atoms with Gasteiger partial charge in [0.15, 0.2) is 4.90 Å². The molecule has 1 aromatic carbocycles. The molecule has 2 fully saturated rings. The Morgan fingerprint density at radius 3 is 2.64 bits per heavy atom. The maximum atomic E-state index is 12.6. The molecular formula is C16H19N3O7S2. The summed E-state index contributed by atoms with van der Waals surface area (Å²) in [4.78, 5) is 36.2. The lowest BCUT2D eigenvalue weighted by Crippen LogP contribution is -2.51. The van der Waals surface area contributed by atoms with Crippen LogP contribution >= 0.6 is 11.8 Å². The van der Waals surface area contributed by atoms with Gasteiger partial charge < -0.3 is 9.64 Å². The molecule has 1 heterocycles. The molecular weight excluding hydrogens is 410 g/mol. The average molecular weight is 429 g/mol. The molecule has 2 amide bonds. The minimum Gasteiger partial charge on any atom is -0.497 e. The van der Waals surface area contributed by atoms with Crippen molar-refractivity contribution in [1.29, 1.82) is 0 Å². The molecule has 2 aliphatic rings. The Morgan fingerprint density at radius 2 is 2.07 bits per heavy atom. The molecule has 28 heavy (non-hydrogen) atoms. The maximum absolute atomic E-state index is 12.6. The van der Waals surface area contributed by atoms with E-state index in [2.05, 4.69) is 0 Å². The zero-order valence-electron chi connectivity index (χ0n) is 15.0. The van der Waals surface area contributed by atoms with E-state index in [4.69, 9.17) is 4.74 Å². The number of nitro groups is 1. The lowest BCUT2D eigenvalue weighted by molar-refractivity contribution is -0.387. The summed E-state index contributed by atoms with van der Waals surface area (Å²) in [6, 6.07) is 2.30. The SMILES string of the molecule is COc1ccc(S(=O)(=O)NC(=O)[C@H]2CSCN2C(=O)C2CCC2)c([N+](=O)[O-])c1. The van der Waals surface area contributed by atoms with Crippen LogP contribution in [0.1, 0.15) is 19.3 Å². The van der Waals surface area contributed by atoms with Crippen molar-refractivity contribution in [3.8, 4) is 5.75 Å². The second-order valence-corrected chi connectivity index (χ2v) is 9.16. The molecule has 0 spiro atoms. The van der Waals surface area contributed by atoms with Gasteiger partial charge in [-0.1, -0.05) is 6.42 Å². The molecule has 1 atom stereocenters. The molecule has 1 aliphatic carbocycles. The summed E-state index contributed by atoms with van der Waals surface area (Å²) in [7, 11) is -3.21. The number of amides is 2. The van der Waals surface area contributed by atoms with Gasteiger partial charge in [-0.25, -0.2) is 13.1 Å². The zero-order valence-corrected chi connectivity index (χ0v) is 16.6. The smallest absolute Gasteiger partial charge is 0.293 e. The predicted molar refractivity (Wildman–Crippen MR) is 100 cm³/mol. The summed E-state index contributed by atoms with van der Waals surface area (Å²) >= 11 is 1.36. The lowest BCUT2D eigenvalue weighted by Gasteiger charge is -2.31. The molecule has 0 bridgehead atoms. The predicted octanol–water partition coefficient (Wildman–Crippen LogP) is 1.11. The van der Waals surface area contributed by atoms with Gasteiger partial charge in [0.05, 0.1) is 24.0 Å². The number of benzene rings is 1. The highest BCUT2D eigenvalue weighted by Crippen LogP contribution is 2.33. The van der Waals surface area contributed by atoms with Crippen molar-refractivity contribution < 1.29 is 27.7 Å². The summed E-state index contributed by atoms with van der Waals surface area (Å²) in [6.07, 6.45) is 2.50. The lowest BCUT2D eigenvalue weighted by atomic mass is 9.84. The van der Waals surface area contributed by atoms with E-state index in [0.717, 1.165) is 31.4 Å². The van der Waals surface area contributed by atoms with Crippen LogP contribution in [-0.2, 0) is 19.6 Å². The summed E-state index contributed by atoms with van der Waals surface area (Å²) in [5.74, 6) is -0.442. The Hall–Kier alpha value is -2.34. The van der Waals surface area contributed by atoms with E-state index in [-0.39, 0.29) is 23.3 Å². The van der Waals surface area contributed by atoms with Gasteiger partial charge in [-0.05, 0) is 25.0 Å². The van der Waals surface area contributed by atoms with Crippen molar-refractivity contribution >= 4 is 39.3 Å². The van der Waals surface area contributed by atoms with E-state index in [1.165, 1.54) is 29.8 Å². The van der Waals surface area contributed by atoms with Gasteiger partial charge in [0.25, 0.3) is 21.6 Å². The Labute approximate surface area is 165 Å². The number of carbonyl (C=O) groups excluding carboxylic acids is 2. The Bertz CT molecular complexity index is 915. The average Bonchev–Trinajstić information content (AvgIpc) is 3.09. The first-order chi connectivity index (χ1) is 13.2. The molecule has 1 N–H and O–H groups in total. The highest BCUT2D eigenvalue weighted by molar-refractivity contribution is 7.99. The first kappa shape index (κ1) is 20.4.